The molecule has 1 aromatic carbocycles. The highest BCUT2D eigenvalue weighted by Crippen LogP contribution is 2.13. The summed E-state index contributed by atoms with van der Waals surface area (Å²) < 4.78 is 1.80. The topological polar surface area (TPSA) is 70.4 Å². The third-order valence-electron chi connectivity index (χ3n) is 4.32. The molecule has 2 N–H and O–H groups in total. The number of aromatic nitrogens is 2. The number of benzene rings is 1. The van der Waals surface area contributed by atoms with Gasteiger partial charge in [-0.05, 0) is 25.3 Å². The number of nitrogens with zero attached hydrogens (tertiary/aromatic N) is 3. The van der Waals surface area contributed by atoms with Crippen molar-refractivity contribution in [3.63, 3.8) is 0 Å². The highest BCUT2D eigenvalue weighted by Gasteiger charge is 2.19. The quantitative estimate of drug-likeness (QED) is 0.875. The third kappa shape index (κ3) is 4.43. The van der Waals surface area contributed by atoms with Gasteiger partial charge in [-0.15, -0.1) is 0 Å². The maximum atomic E-state index is 12.3. The van der Waals surface area contributed by atoms with Crippen LogP contribution in [-0.4, -0.2) is 51.4 Å². The zero-order valence-electron chi connectivity index (χ0n) is 14.0. The number of carbonyl (C=O) groups is 1. The average molecular weight is 328 g/mol. The number of hydrogen-bond donors (Lipinski definition) is 2. The number of aliphatic hydroxyl groups is 1. The van der Waals surface area contributed by atoms with Crippen LogP contribution in [0.2, 0.25) is 0 Å². The van der Waals surface area contributed by atoms with E-state index in [1.807, 2.05) is 12.1 Å². The van der Waals surface area contributed by atoms with E-state index in [1.54, 1.807) is 10.9 Å². The van der Waals surface area contributed by atoms with E-state index >= 15 is 0 Å². The Morgan fingerprint density at radius 3 is 2.88 bits per heavy atom. The fourth-order valence-electron chi connectivity index (χ4n) is 3.01. The van der Waals surface area contributed by atoms with Gasteiger partial charge in [0.25, 0.3) is 0 Å². The number of carbonyl (C=O) groups excluding carboxylic acids is 1. The van der Waals surface area contributed by atoms with Crippen LogP contribution in [-0.2, 0) is 11.3 Å². The van der Waals surface area contributed by atoms with Crippen molar-refractivity contribution in [3.05, 3.63) is 47.7 Å². The smallest absolute Gasteiger partial charge is 0.239 e. The predicted molar refractivity (Wildman–Crippen MR) is 92.8 cm³/mol. The van der Waals surface area contributed by atoms with Gasteiger partial charge in [-0.25, -0.2) is 4.68 Å². The highest BCUT2D eigenvalue weighted by molar-refractivity contribution is 5.91. The molecule has 1 amide bonds. The Bertz CT molecular complexity index is 690. The summed E-state index contributed by atoms with van der Waals surface area (Å²) in [7, 11) is 0. The van der Waals surface area contributed by atoms with Gasteiger partial charge in [-0.1, -0.05) is 29.8 Å². The summed E-state index contributed by atoms with van der Waals surface area (Å²) in [5, 5.41) is 16.8. The van der Waals surface area contributed by atoms with Crippen LogP contribution < -0.4 is 5.32 Å². The second-order valence-electron chi connectivity index (χ2n) is 6.42. The molecule has 6 nitrogen and oxygen atoms in total. The summed E-state index contributed by atoms with van der Waals surface area (Å²) in [4.78, 5) is 14.3. The lowest BCUT2D eigenvalue weighted by molar-refractivity contribution is -0.117. The molecule has 1 aromatic heterocycles. The van der Waals surface area contributed by atoms with E-state index in [4.69, 9.17) is 0 Å². The van der Waals surface area contributed by atoms with Crippen LogP contribution in [0.25, 0.3) is 0 Å². The van der Waals surface area contributed by atoms with Crippen LogP contribution in [0, 0.1) is 6.92 Å². The van der Waals surface area contributed by atoms with Gasteiger partial charge in [0.05, 0.1) is 25.4 Å². The van der Waals surface area contributed by atoms with Crippen molar-refractivity contribution >= 4 is 11.7 Å². The minimum Gasteiger partial charge on any atom is -0.393 e. The normalized spacial score (nSPS) is 16.2. The molecule has 1 fully saturated rings. The first-order valence-corrected chi connectivity index (χ1v) is 8.38. The van der Waals surface area contributed by atoms with Crippen molar-refractivity contribution in [3.8, 4) is 0 Å². The maximum Gasteiger partial charge on any atom is 0.239 e. The molecule has 2 aromatic rings. The van der Waals surface area contributed by atoms with Gasteiger partial charge in [0, 0.05) is 19.2 Å². The highest BCUT2D eigenvalue weighted by atomic mass is 16.3. The van der Waals surface area contributed by atoms with Gasteiger partial charge in [0.15, 0.2) is 0 Å². The predicted octanol–water partition coefficient (Wildman–Crippen LogP) is 1.64. The number of rotatable bonds is 5. The number of aryl methyl sites for hydroxylation is 1. The Labute approximate surface area is 142 Å². The van der Waals surface area contributed by atoms with Crippen LogP contribution in [0.3, 0.4) is 0 Å². The second-order valence-corrected chi connectivity index (χ2v) is 6.42. The molecule has 0 aliphatic carbocycles. The SMILES string of the molecule is Cc1cccc(Cn2nccc2NC(=O)CN2CCC(O)CC2)c1. The summed E-state index contributed by atoms with van der Waals surface area (Å²) in [5.41, 5.74) is 2.36. The van der Waals surface area contributed by atoms with E-state index in [0.717, 1.165) is 31.5 Å². The molecule has 0 atom stereocenters. The van der Waals surface area contributed by atoms with Gasteiger partial charge in [-0.3, -0.25) is 9.69 Å². The molecule has 0 unspecified atom stereocenters. The molecular weight excluding hydrogens is 304 g/mol. The Hall–Kier alpha value is -2.18. The number of likely N-dealkylation sites (tertiary alicyclic amines) is 1. The lowest BCUT2D eigenvalue weighted by atomic mass is 10.1. The molecule has 0 radical (unpaired) electrons. The number of amides is 1. The average Bonchev–Trinajstić information content (AvgIpc) is 2.96. The van der Waals surface area contributed by atoms with E-state index in [1.165, 1.54) is 5.56 Å². The van der Waals surface area contributed by atoms with Gasteiger partial charge < -0.3 is 10.4 Å². The Balaban J connectivity index is 1.58. The number of aliphatic hydroxyl groups excluding tert-OH is 1. The first kappa shape index (κ1) is 16.7. The number of hydrogen-bond acceptors (Lipinski definition) is 4. The van der Waals surface area contributed by atoms with E-state index in [9.17, 15) is 9.90 Å². The molecule has 3 rings (SSSR count). The van der Waals surface area contributed by atoms with E-state index < -0.39 is 0 Å². The number of anilines is 1. The summed E-state index contributed by atoms with van der Waals surface area (Å²) in [6, 6.07) is 10.1. The molecule has 6 heteroatoms. The van der Waals surface area contributed by atoms with E-state index in [2.05, 4.69) is 40.4 Å². The summed E-state index contributed by atoms with van der Waals surface area (Å²) in [5.74, 6) is 0.663. The third-order valence-corrected chi connectivity index (χ3v) is 4.32. The molecule has 1 aliphatic heterocycles. The fraction of sp³-hybridized carbons (Fsp3) is 0.444. The Morgan fingerprint density at radius 1 is 1.33 bits per heavy atom. The monoisotopic (exact) mass is 328 g/mol. The van der Waals surface area contributed by atoms with Gasteiger partial charge >= 0.3 is 0 Å². The molecular formula is C18H24N4O2. The maximum absolute atomic E-state index is 12.3. The summed E-state index contributed by atoms with van der Waals surface area (Å²) in [6.07, 6.45) is 2.94. The van der Waals surface area contributed by atoms with Gasteiger partial charge in [-0.2, -0.15) is 5.10 Å². The van der Waals surface area contributed by atoms with Gasteiger partial charge in [0.2, 0.25) is 5.91 Å². The lowest BCUT2D eigenvalue weighted by Gasteiger charge is -2.28. The molecule has 1 saturated heterocycles. The van der Waals surface area contributed by atoms with Crippen LogP contribution in [0.15, 0.2) is 36.5 Å². The van der Waals surface area contributed by atoms with Crippen molar-refractivity contribution in [2.45, 2.75) is 32.4 Å². The van der Waals surface area contributed by atoms with Crippen LogP contribution in [0.5, 0.6) is 0 Å². The van der Waals surface area contributed by atoms with Crippen molar-refractivity contribution in [2.75, 3.05) is 25.0 Å². The Kier molecular flexibility index (Phi) is 5.27. The zero-order chi connectivity index (χ0) is 16.9. The molecule has 1 aliphatic rings. The van der Waals surface area contributed by atoms with Crippen LogP contribution >= 0.6 is 0 Å². The molecule has 24 heavy (non-hydrogen) atoms. The molecule has 2 heterocycles. The van der Waals surface area contributed by atoms with E-state index in [0.29, 0.717) is 18.9 Å². The largest absolute Gasteiger partial charge is 0.393 e. The first-order chi connectivity index (χ1) is 11.6. The second kappa shape index (κ2) is 7.59. The fourth-order valence-corrected chi connectivity index (χ4v) is 3.01. The molecule has 128 valence electrons. The Morgan fingerprint density at radius 2 is 2.12 bits per heavy atom. The molecule has 0 bridgehead atoms. The minimum atomic E-state index is -0.222. The van der Waals surface area contributed by atoms with Crippen LogP contribution in [0.4, 0.5) is 5.82 Å². The van der Waals surface area contributed by atoms with Crippen molar-refractivity contribution < 1.29 is 9.90 Å². The minimum absolute atomic E-state index is 0.0441. The summed E-state index contributed by atoms with van der Waals surface area (Å²) in [6.45, 7) is 4.56. The van der Waals surface area contributed by atoms with Crippen LogP contribution in [0.1, 0.15) is 24.0 Å². The lowest BCUT2D eigenvalue weighted by Crippen LogP contribution is -2.40. The molecule has 0 spiro atoms. The number of piperidine rings is 1. The van der Waals surface area contributed by atoms with Crippen molar-refractivity contribution in [1.82, 2.24) is 14.7 Å². The molecule has 0 saturated carbocycles. The van der Waals surface area contributed by atoms with Gasteiger partial charge in [0.1, 0.15) is 5.82 Å². The van der Waals surface area contributed by atoms with Crippen molar-refractivity contribution in [1.29, 1.82) is 0 Å². The van der Waals surface area contributed by atoms with Crippen molar-refractivity contribution in [2.24, 2.45) is 0 Å². The first-order valence-electron chi connectivity index (χ1n) is 8.38. The van der Waals surface area contributed by atoms with E-state index in [-0.39, 0.29) is 12.0 Å². The standard InChI is InChI=1S/C18H24N4O2/c1-14-3-2-4-15(11-14)12-22-17(5-8-19-22)20-18(24)13-21-9-6-16(23)7-10-21/h2-5,8,11,16,23H,6-7,9-10,12-13H2,1H3,(H,20,24). The zero-order valence-corrected chi connectivity index (χ0v) is 14.0. The number of nitrogens with one attached hydrogen (secondary N) is 1. The summed E-state index contributed by atoms with van der Waals surface area (Å²) >= 11 is 0.